The summed E-state index contributed by atoms with van der Waals surface area (Å²) in [6.45, 7) is 0. The number of hydrogen-bond acceptors (Lipinski definition) is 5. The Labute approximate surface area is 501 Å². The van der Waals surface area contributed by atoms with E-state index in [9.17, 15) is 0 Å². The number of thiophene rings is 2. The molecule has 85 heavy (non-hydrogen) atoms. The Morgan fingerprint density at radius 1 is 0.282 bits per heavy atom. The quantitative estimate of drug-likeness (QED) is 0.144. The minimum absolute atomic E-state index is 0.551. The predicted molar refractivity (Wildman–Crippen MR) is 356 cm³/mol. The van der Waals surface area contributed by atoms with Crippen molar-refractivity contribution in [1.29, 1.82) is 0 Å². The maximum atomic E-state index is 5.68. The zero-order chi connectivity index (χ0) is 56.0. The molecular weight excluding hydrogens is 1070 g/mol. The van der Waals surface area contributed by atoms with E-state index in [0.29, 0.717) is 5.82 Å². The van der Waals surface area contributed by atoms with Crippen LogP contribution in [0.4, 0.5) is 17.1 Å². The van der Waals surface area contributed by atoms with Crippen molar-refractivity contribution in [2.45, 2.75) is 5.41 Å². The van der Waals surface area contributed by atoms with Gasteiger partial charge in [-0.25, -0.2) is 9.97 Å². The van der Waals surface area contributed by atoms with Crippen LogP contribution in [0.3, 0.4) is 0 Å². The lowest BCUT2D eigenvalue weighted by Gasteiger charge is -2.44. The maximum absolute atomic E-state index is 5.68. The van der Waals surface area contributed by atoms with Crippen molar-refractivity contribution >= 4 is 61.5 Å². The molecule has 1 aliphatic heterocycles. The molecule has 0 bridgehead atoms. The molecule has 398 valence electrons. The molecule has 17 rings (SSSR count). The highest BCUT2D eigenvalue weighted by molar-refractivity contribution is 7.21. The lowest BCUT2D eigenvalue weighted by molar-refractivity contribution is 0.757. The zero-order valence-electron chi connectivity index (χ0n) is 46.0. The van der Waals surface area contributed by atoms with Gasteiger partial charge in [-0.3, -0.25) is 0 Å². The number of para-hydroxylation sites is 3. The van der Waals surface area contributed by atoms with Crippen LogP contribution >= 0.6 is 22.7 Å². The summed E-state index contributed by atoms with van der Waals surface area (Å²) in [7, 11) is 0. The molecule has 0 N–H and O–H groups in total. The van der Waals surface area contributed by atoms with Crippen LogP contribution in [0.1, 0.15) is 22.3 Å². The number of anilines is 3. The molecule has 1 spiro atoms. The molecule has 1 aliphatic carbocycles. The third-order valence-corrected chi connectivity index (χ3v) is 19.3. The molecule has 0 radical (unpaired) electrons. The third-order valence-electron chi connectivity index (χ3n) is 17.3. The van der Waals surface area contributed by atoms with Crippen molar-refractivity contribution in [3.63, 3.8) is 0 Å². The van der Waals surface area contributed by atoms with Crippen LogP contribution in [0.25, 0.3) is 116 Å². The second-order valence-corrected chi connectivity index (χ2v) is 23.9. The van der Waals surface area contributed by atoms with E-state index in [-0.39, 0.29) is 0 Å². The first-order valence-electron chi connectivity index (χ1n) is 28.8. The normalized spacial score (nSPS) is 12.8. The molecule has 0 unspecified atom stereocenters. The fourth-order valence-corrected chi connectivity index (χ4v) is 15.7. The largest absolute Gasteiger partial charge is 0.310 e. The SMILES string of the molecule is c1ccc(-c2cc(-c3ccccc3)cc(-c3cc(-c4cccc(N5c6ccccc6C6(c7cc8c9ccccc9n(-c9ccccc9)c8cc75)c5ccsc5-c5sccc56)c4)nc(-c4cc(-c5ccccc5)cc(-c5ccccc5)c4)n3)c2)cc1. The second-order valence-electron chi connectivity index (χ2n) is 22.1. The molecule has 4 nitrogen and oxygen atoms in total. The monoisotopic (exact) mass is 1120 g/mol. The van der Waals surface area contributed by atoms with Gasteiger partial charge in [0.2, 0.25) is 0 Å². The molecule has 6 heteroatoms. The van der Waals surface area contributed by atoms with Gasteiger partial charge in [0, 0.05) is 48.6 Å². The van der Waals surface area contributed by atoms with Crippen molar-refractivity contribution in [3.8, 4) is 93.9 Å². The van der Waals surface area contributed by atoms with E-state index in [1.807, 2.05) is 22.7 Å². The van der Waals surface area contributed by atoms with E-state index < -0.39 is 5.41 Å². The summed E-state index contributed by atoms with van der Waals surface area (Å²) < 4.78 is 2.45. The van der Waals surface area contributed by atoms with Crippen molar-refractivity contribution in [1.82, 2.24) is 14.5 Å². The van der Waals surface area contributed by atoms with Crippen molar-refractivity contribution in [3.05, 3.63) is 324 Å². The number of hydrogen-bond donors (Lipinski definition) is 0. The average Bonchev–Trinajstić information content (AvgIpc) is 1.68. The number of rotatable bonds is 9. The first-order chi connectivity index (χ1) is 42.1. The Balaban J connectivity index is 0.916. The summed E-state index contributed by atoms with van der Waals surface area (Å²) in [4.78, 5) is 16.6. The molecule has 2 aliphatic rings. The Morgan fingerprint density at radius 3 is 1.34 bits per heavy atom. The average molecular weight is 1120 g/mol. The highest BCUT2D eigenvalue weighted by Gasteiger charge is 2.53. The third kappa shape index (κ3) is 7.94. The van der Waals surface area contributed by atoms with Gasteiger partial charge in [-0.1, -0.05) is 188 Å². The summed E-state index contributed by atoms with van der Waals surface area (Å²) in [5.74, 6) is 0.644. The van der Waals surface area contributed by atoms with Crippen LogP contribution in [-0.4, -0.2) is 14.5 Å². The molecule has 15 aromatic rings. The van der Waals surface area contributed by atoms with E-state index in [1.165, 1.54) is 48.3 Å². The van der Waals surface area contributed by atoms with E-state index in [0.717, 1.165) is 101 Å². The Hall–Kier alpha value is -10.5. The van der Waals surface area contributed by atoms with Gasteiger partial charge in [0.05, 0.1) is 39.2 Å². The predicted octanol–water partition coefficient (Wildman–Crippen LogP) is 21.5. The fourth-order valence-electron chi connectivity index (χ4n) is 13.6. The summed E-state index contributed by atoms with van der Waals surface area (Å²) in [6.07, 6.45) is 0. The zero-order valence-corrected chi connectivity index (χ0v) is 47.6. The van der Waals surface area contributed by atoms with E-state index in [1.54, 1.807) is 0 Å². The van der Waals surface area contributed by atoms with Crippen molar-refractivity contribution in [2.75, 3.05) is 4.90 Å². The lowest BCUT2D eigenvalue weighted by Crippen LogP contribution is -2.35. The maximum Gasteiger partial charge on any atom is 0.160 e. The van der Waals surface area contributed by atoms with Gasteiger partial charge in [0.15, 0.2) is 5.82 Å². The summed E-state index contributed by atoms with van der Waals surface area (Å²) >= 11 is 3.72. The molecule has 4 aromatic heterocycles. The summed E-state index contributed by atoms with van der Waals surface area (Å²) in [5.41, 5.74) is 25.0. The van der Waals surface area contributed by atoms with Crippen molar-refractivity contribution < 1.29 is 0 Å². The van der Waals surface area contributed by atoms with Gasteiger partial charge in [0.1, 0.15) is 0 Å². The molecule has 0 fully saturated rings. The minimum atomic E-state index is -0.551. The van der Waals surface area contributed by atoms with Crippen LogP contribution in [0.5, 0.6) is 0 Å². The van der Waals surface area contributed by atoms with Crippen LogP contribution in [0.2, 0.25) is 0 Å². The molecule has 0 saturated carbocycles. The highest BCUT2D eigenvalue weighted by Crippen LogP contribution is 2.66. The lowest BCUT2D eigenvalue weighted by atomic mass is 9.65. The van der Waals surface area contributed by atoms with Crippen LogP contribution in [0.15, 0.2) is 302 Å². The number of fused-ring (bicyclic) bond motifs is 12. The molecule has 0 saturated heterocycles. The van der Waals surface area contributed by atoms with Gasteiger partial charge < -0.3 is 9.47 Å². The summed E-state index contributed by atoms with van der Waals surface area (Å²) in [6, 6.07) is 106. The molecule has 5 heterocycles. The van der Waals surface area contributed by atoms with Crippen molar-refractivity contribution in [2.24, 2.45) is 0 Å². The minimum Gasteiger partial charge on any atom is -0.310 e. The first-order valence-corrected chi connectivity index (χ1v) is 30.6. The Kier molecular flexibility index (Phi) is 11.5. The molecule has 11 aromatic carbocycles. The van der Waals surface area contributed by atoms with Crippen LogP contribution in [0, 0.1) is 0 Å². The Bertz CT molecular complexity index is 4760. The second kappa shape index (κ2) is 19.9. The molecule has 0 amide bonds. The summed E-state index contributed by atoms with van der Waals surface area (Å²) in [5, 5.41) is 7.04. The standard InChI is InChI=1S/C79H50N4S2/c1-6-21-51(22-7-1)56-41-57(52-23-8-2-9-24-52)44-60(43-56)71-49-70(80-78(81-71)61-45-58(53-25-10-3-11-26-53)42-59(46-61)54-27-12-4-13-28-54)55-29-20-32-63(47-55)83-73-36-19-17-34-66(73)79(67-37-39-84-76(67)77-68(79)38-40-85-77)69-48-65-64-33-16-18-35-72(64)82(74(65)50-75(69)83)62-30-14-5-15-31-62/h1-50H. The molecular formula is C79H50N4S2. The van der Waals surface area contributed by atoms with Gasteiger partial charge in [-0.2, -0.15) is 0 Å². The topological polar surface area (TPSA) is 34.0 Å². The smallest absolute Gasteiger partial charge is 0.160 e. The highest BCUT2D eigenvalue weighted by atomic mass is 32.1. The van der Waals surface area contributed by atoms with Gasteiger partial charge in [0.25, 0.3) is 0 Å². The van der Waals surface area contributed by atoms with Crippen LogP contribution < -0.4 is 4.90 Å². The fraction of sp³-hybridized carbons (Fsp3) is 0.0127. The van der Waals surface area contributed by atoms with Gasteiger partial charge in [-0.15, -0.1) is 22.7 Å². The van der Waals surface area contributed by atoms with Crippen LogP contribution in [-0.2, 0) is 5.41 Å². The number of aromatic nitrogens is 3. The van der Waals surface area contributed by atoms with Gasteiger partial charge in [-0.05, 0) is 181 Å². The van der Waals surface area contributed by atoms with E-state index >= 15 is 0 Å². The number of benzene rings is 11. The first kappa shape index (κ1) is 49.1. The molecule has 0 atom stereocenters. The van der Waals surface area contributed by atoms with E-state index in [4.69, 9.17) is 9.97 Å². The Morgan fingerprint density at radius 2 is 0.753 bits per heavy atom. The van der Waals surface area contributed by atoms with Gasteiger partial charge >= 0.3 is 0 Å². The number of nitrogens with zero attached hydrogens (tertiary/aromatic N) is 4. The van der Waals surface area contributed by atoms with E-state index in [2.05, 4.69) is 311 Å².